The van der Waals surface area contributed by atoms with Crippen LogP contribution in [0.3, 0.4) is 0 Å². The van der Waals surface area contributed by atoms with Gasteiger partial charge in [0, 0.05) is 12.6 Å². The first-order valence-corrected chi connectivity index (χ1v) is 6.73. The zero-order chi connectivity index (χ0) is 12.5. The summed E-state index contributed by atoms with van der Waals surface area (Å²) < 4.78 is 0. The van der Waals surface area contributed by atoms with E-state index in [0.29, 0.717) is 6.04 Å². The smallest absolute Gasteiger partial charge is 0.323 e. The third kappa shape index (κ3) is 2.47. The molecular formula is C13H24N2O2. The fourth-order valence-electron chi connectivity index (χ4n) is 3.35. The second kappa shape index (κ2) is 4.94. The molecule has 4 nitrogen and oxygen atoms in total. The van der Waals surface area contributed by atoms with E-state index in [0.717, 1.165) is 45.3 Å². The number of hydrogen-bond donors (Lipinski definition) is 1. The minimum Gasteiger partial charge on any atom is -0.480 e. The van der Waals surface area contributed by atoms with Crippen LogP contribution in [0, 0.1) is 0 Å². The second-order valence-corrected chi connectivity index (χ2v) is 5.79. The van der Waals surface area contributed by atoms with Crippen LogP contribution in [-0.4, -0.2) is 59.1 Å². The molecule has 0 amide bonds. The summed E-state index contributed by atoms with van der Waals surface area (Å²) >= 11 is 0. The van der Waals surface area contributed by atoms with Gasteiger partial charge < -0.3 is 10.0 Å². The zero-order valence-electron chi connectivity index (χ0n) is 11.0. The van der Waals surface area contributed by atoms with Crippen molar-refractivity contribution in [3.8, 4) is 0 Å². The number of likely N-dealkylation sites (tertiary alicyclic amines) is 2. The van der Waals surface area contributed by atoms with E-state index in [9.17, 15) is 9.90 Å². The summed E-state index contributed by atoms with van der Waals surface area (Å²) in [4.78, 5) is 16.1. The van der Waals surface area contributed by atoms with Crippen molar-refractivity contribution in [3.05, 3.63) is 0 Å². The Morgan fingerprint density at radius 1 is 1.29 bits per heavy atom. The fraction of sp³-hybridized carbons (Fsp3) is 0.923. The van der Waals surface area contributed by atoms with Gasteiger partial charge in [-0.3, -0.25) is 9.69 Å². The number of carbonyl (C=O) groups is 1. The molecule has 0 aromatic heterocycles. The van der Waals surface area contributed by atoms with E-state index in [1.807, 2.05) is 6.92 Å². The molecule has 2 saturated heterocycles. The topological polar surface area (TPSA) is 43.8 Å². The molecule has 1 N–H and O–H groups in total. The summed E-state index contributed by atoms with van der Waals surface area (Å²) in [7, 11) is 2.13. The first-order chi connectivity index (χ1) is 8.04. The highest BCUT2D eigenvalue weighted by atomic mass is 16.4. The van der Waals surface area contributed by atoms with E-state index in [2.05, 4.69) is 16.8 Å². The molecule has 0 bridgehead atoms. The van der Waals surface area contributed by atoms with Crippen molar-refractivity contribution in [2.45, 2.75) is 50.6 Å². The third-order valence-electron chi connectivity index (χ3n) is 4.45. The Kier molecular flexibility index (Phi) is 3.73. The molecule has 2 unspecified atom stereocenters. The summed E-state index contributed by atoms with van der Waals surface area (Å²) in [6.45, 7) is 5.02. The van der Waals surface area contributed by atoms with Crippen molar-refractivity contribution >= 4 is 5.97 Å². The van der Waals surface area contributed by atoms with E-state index < -0.39 is 11.5 Å². The number of piperidine rings is 2. The van der Waals surface area contributed by atoms with Crippen molar-refractivity contribution in [2.75, 3.05) is 26.7 Å². The van der Waals surface area contributed by atoms with Crippen LogP contribution in [0.4, 0.5) is 0 Å². The van der Waals surface area contributed by atoms with Crippen molar-refractivity contribution in [3.63, 3.8) is 0 Å². The van der Waals surface area contributed by atoms with Crippen molar-refractivity contribution in [1.82, 2.24) is 9.80 Å². The average molecular weight is 240 g/mol. The maximum Gasteiger partial charge on any atom is 0.323 e. The Hall–Kier alpha value is -0.610. The summed E-state index contributed by atoms with van der Waals surface area (Å²) in [6.07, 6.45) is 5.31. The molecule has 2 fully saturated rings. The molecule has 2 heterocycles. The zero-order valence-corrected chi connectivity index (χ0v) is 11.0. The van der Waals surface area contributed by atoms with Crippen LogP contribution in [0.5, 0.6) is 0 Å². The molecule has 4 heteroatoms. The monoisotopic (exact) mass is 240 g/mol. The van der Waals surface area contributed by atoms with Crippen LogP contribution in [0.2, 0.25) is 0 Å². The van der Waals surface area contributed by atoms with Gasteiger partial charge in [0.25, 0.3) is 0 Å². The molecule has 2 aliphatic rings. The molecule has 2 aliphatic heterocycles. The minimum atomic E-state index is -0.648. The van der Waals surface area contributed by atoms with E-state index >= 15 is 0 Å². The molecule has 0 aromatic rings. The number of carboxylic acids is 1. The lowest BCUT2D eigenvalue weighted by Crippen LogP contribution is -2.61. The maximum absolute atomic E-state index is 11.6. The van der Waals surface area contributed by atoms with E-state index in [-0.39, 0.29) is 0 Å². The van der Waals surface area contributed by atoms with Crippen LogP contribution in [0.25, 0.3) is 0 Å². The molecule has 0 aromatic carbocycles. The van der Waals surface area contributed by atoms with Crippen LogP contribution in [-0.2, 0) is 4.79 Å². The number of aliphatic carboxylic acids is 1. The van der Waals surface area contributed by atoms with Crippen molar-refractivity contribution in [1.29, 1.82) is 0 Å². The van der Waals surface area contributed by atoms with Gasteiger partial charge in [0.05, 0.1) is 0 Å². The van der Waals surface area contributed by atoms with Gasteiger partial charge in [-0.15, -0.1) is 0 Å². The Balaban J connectivity index is 2.13. The summed E-state index contributed by atoms with van der Waals surface area (Å²) in [5, 5.41) is 9.51. The number of carboxylic acid groups (broad SMARTS) is 1. The van der Waals surface area contributed by atoms with Gasteiger partial charge in [0.15, 0.2) is 0 Å². The Morgan fingerprint density at radius 2 is 2.06 bits per heavy atom. The number of rotatable bonds is 2. The van der Waals surface area contributed by atoms with Gasteiger partial charge >= 0.3 is 5.97 Å². The SMILES string of the molecule is CN1CCCC(N2CCCCC2(C)C(=O)O)C1. The number of nitrogens with zero attached hydrogens (tertiary/aromatic N) is 2. The van der Waals surface area contributed by atoms with E-state index in [1.54, 1.807) is 0 Å². The highest BCUT2D eigenvalue weighted by Crippen LogP contribution is 2.32. The fourth-order valence-corrected chi connectivity index (χ4v) is 3.35. The lowest BCUT2D eigenvalue weighted by atomic mass is 9.85. The first-order valence-electron chi connectivity index (χ1n) is 6.73. The van der Waals surface area contributed by atoms with Crippen molar-refractivity contribution < 1.29 is 9.90 Å². The van der Waals surface area contributed by atoms with Gasteiger partial charge in [-0.05, 0) is 59.2 Å². The molecule has 2 rings (SSSR count). The van der Waals surface area contributed by atoms with Gasteiger partial charge in [0.1, 0.15) is 5.54 Å². The van der Waals surface area contributed by atoms with Gasteiger partial charge in [0.2, 0.25) is 0 Å². The molecule has 0 radical (unpaired) electrons. The Bertz CT molecular complexity index is 295. The molecular weight excluding hydrogens is 216 g/mol. The number of likely N-dealkylation sites (N-methyl/N-ethyl adjacent to an activating group) is 1. The standard InChI is InChI=1S/C13H24N2O2/c1-13(12(16)17)7-3-4-9-15(13)11-6-5-8-14(2)10-11/h11H,3-10H2,1-2H3,(H,16,17). The largest absolute Gasteiger partial charge is 0.480 e. The predicted molar refractivity (Wildman–Crippen MR) is 67.1 cm³/mol. The van der Waals surface area contributed by atoms with Crippen molar-refractivity contribution in [2.24, 2.45) is 0 Å². The molecule has 98 valence electrons. The molecule has 0 spiro atoms. The highest BCUT2D eigenvalue weighted by molar-refractivity contribution is 5.78. The lowest BCUT2D eigenvalue weighted by molar-refractivity contribution is -0.156. The predicted octanol–water partition coefficient (Wildman–Crippen LogP) is 1.41. The van der Waals surface area contributed by atoms with Crippen LogP contribution < -0.4 is 0 Å². The van der Waals surface area contributed by atoms with Gasteiger partial charge in [-0.25, -0.2) is 0 Å². The third-order valence-corrected chi connectivity index (χ3v) is 4.45. The molecule has 2 atom stereocenters. The van der Waals surface area contributed by atoms with E-state index in [4.69, 9.17) is 0 Å². The second-order valence-electron chi connectivity index (χ2n) is 5.79. The van der Waals surface area contributed by atoms with Crippen LogP contribution in [0.1, 0.15) is 39.0 Å². The quantitative estimate of drug-likeness (QED) is 0.792. The number of hydrogen-bond acceptors (Lipinski definition) is 3. The van der Waals surface area contributed by atoms with E-state index in [1.165, 1.54) is 6.42 Å². The molecule has 17 heavy (non-hydrogen) atoms. The first kappa shape index (κ1) is 12.8. The minimum absolute atomic E-state index is 0.426. The Labute approximate surface area is 104 Å². The maximum atomic E-state index is 11.6. The van der Waals surface area contributed by atoms with Gasteiger partial charge in [-0.1, -0.05) is 0 Å². The molecule has 0 aliphatic carbocycles. The van der Waals surface area contributed by atoms with Crippen LogP contribution >= 0.6 is 0 Å². The molecule has 0 saturated carbocycles. The van der Waals surface area contributed by atoms with Crippen LogP contribution in [0.15, 0.2) is 0 Å². The Morgan fingerprint density at radius 3 is 2.71 bits per heavy atom. The summed E-state index contributed by atoms with van der Waals surface area (Å²) in [6, 6.07) is 0.426. The highest BCUT2D eigenvalue weighted by Gasteiger charge is 2.44. The average Bonchev–Trinajstić information content (AvgIpc) is 2.29. The normalized spacial score (nSPS) is 36.9. The summed E-state index contributed by atoms with van der Waals surface area (Å²) in [5.41, 5.74) is -0.638. The lowest BCUT2D eigenvalue weighted by Gasteiger charge is -2.48. The van der Waals surface area contributed by atoms with Gasteiger partial charge in [-0.2, -0.15) is 0 Å². The summed E-state index contributed by atoms with van der Waals surface area (Å²) in [5.74, 6) is -0.648.